The molecule has 0 N–H and O–H groups in total. The molecule has 1 rings (SSSR count). The molecule has 0 fully saturated rings. The lowest BCUT2D eigenvalue weighted by atomic mass is 10.3. The predicted octanol–water partition coefficient (Wildman–Crippen LogP) is 0.0638. The van der Waals surface area contributed by atoms with E-state index < -0.39 is 5.97 Å². The molecular weight excluding hydrogens is 170 g/mol. The van der Waals surface area contributed by atoms with Crippen LogP contribution in [0.5, 0.6) is 0 Å². The normalized spacial score (nSPS) is 8.92. The number of carbonyl (C=O) groups is 1. The van der Waals surface area contributed by atoms with Gasteiger partial charge in [-0.3, -0.25) is 4.79 Å². The van der Waals surface area contributed by atoms with Crippen LogP contribution in [-0.2, 0) is 16.0 Å². The van der Waals surface area contributed by atoms with Crippen molar-refractivity contribution >= 4 is 5.97 Å². The second kappa shape index (κ2) is 4.16. The van der Waals surface area contributed by atoms with E-state index in [0.717, 1.165) is 0 Å². The lowest BCUT2D eigenvalue weighted by Gasteiger charge is -1.96. The van der Waals surface area contributed by atoms with Crippen molar-refractivity contribution in [1.29, 1.82) is 5.26 Å². The molecule has 1 aromatic heterocycles. The van der Waals surface area contributed by atoms with Crippen LogP contribution in [0.3, 0.4) is 0 Å². The Morgan fingerprint density at radius 3 is 2.69 bits per heavy atom. The highest BCUT2D eigenvalue weighted by Gasteiger charge is 2.04. The maximum absolute atomic E-state index is 10.8. The van der Waals surface area contributed by atoms with E-state index in [0.29, 0.717) is 11.4 Å². The van der Waals surface area contributed by atoms with Gasteiger partial charge >= 0.3 is 5.97 Å². The molecule has 0 amide bonds. The molecule has 1 heterocycles. The van der Waals surface area contributed by atoms with Crippen molar-refractivity contribution < 1.29 is 9.53 Å². The van der Waals surface area contributed by atoms with E-state index in [4.69, 9.17) is 5.26 Å². The van der Waals surface area contributed by atoms with Crippen LogP contribution in [-0.4, -0.2) is 23.0 Å². The Labute approximate surface area is 75.0 Å². The smallest absolute Gasteiger partial charge is 0.313 e. The number of nitrogens with zero attached hydrogens (tertiary/aromatic N) is 3. The molecule has 0 aliphatic rings. The average Bonchev–Trinajstić information content (AvgIpc) is 2.19. The van der Waals surface area contributed by atoms with Crippen LogP contribution in [0, 0.1) is 11.3 Å². The molecule has 66 valence electrons. The van der Waals surface area contributed by atoms with Gasteiger partial charge < -0.3 is 4.74 Å². The maximum atomic E-state index is 10.8. The van der Waals surface area contributed by atoms with Crippen LogP contribution in [0.25, 0.3) is 0 Å². The van der Waals surface area contributed by atoms with E-state index in [-0.39, 0.29) is 6.42 Å². The Bertz CT molecular complexity index is 339. The molecule has 0 saturated heterocycles. The zero-order chi connectivity index (χ0) is 9.68. The molecule has 0 unspecified atom stereocenters. The molecule has 5 nitrogen and oxygen atoms in total. The topological polar surface area (TPSA) is 75.9 Å². The monoisotopic (exact) mass is 177 g/mol. The Morgan fingerprint density at radius 1 is 1.62 bits per heavy atom. The minimum Gasteiger partial charge on any atom is -0.469 e. The Morgan fingerprint density at radius 2 is 2.23 bits per heavy atom. The van der Waals surface area contributed by atoms with Gasteiger partial charge in [-0.05, 0) is 0 Å². The van der Waals surface area contributed by atoms with Gasteiger partial charge in [0.05, 0.1) is 12.7 Å². The number of rotatable bonds is 2. The van der Waals surface area contributed by atoms with Crippen LogP contribution < -0.4 is 0 Å². The van der Waals surface area contributed by atoms with Crippen molar-refractivity contribution in [3.05, 3.63) is 23.8 Å². The fourth-order valence-corrected chi connectivity index (χ4v) is 0.705. The molecular formula is C8H7N3O2. The van der Waals surface area contributed by atoms with Gasteiger partial charge in [-0.2, -0.15) is 5.26 Å². The number of nitriles is 1. The summed E-state index contributed by atoms with van der Waals surface area (Å²) in [5.74, 6) is -0.0458. The van der Waals surface area contributed by atoms with E-state index in [2.05, 4.69) is 14.7 Å². The van der Waals surface area contributed by atoms with Crippen molar-refractivity contribution in [1.82, 2.24) is 9.97 Å². The lowest BCUT2D eigenvalue weighted by molar-refractivity contribution is -0.139. The van der Waals surface area contributed by atoms with Crippen molar-refractivity contribution in [2.45, 2.75) is 6.42 Å². The lowest BCUT2D eigenvalue weighted by Crippen LogP contribution is -2.07. The summed E-state index contributed by atoms with van der Waals surface area (Å²) in [5.41, 5.74) is 0.369. The number of carbonyl (C=O) groups excluding carboxylic acids is 1. The number of hydrogen-bond acceptors (Lipinski definition) is 5. The predicted molar refractivity (Wildman–Crippen MR) is 42.5 cm³/mol. The third kappa shape index (κ3) is 2.52. The second-order valence-corrected chi connectivity index (χ2v) is 2.25. The summed E-state index contributed by atoms with van der Waals surface area (Å²) >= 11 is 0. The Hall–Kier alpha value is -1.96. The zero-order valence-corrected chi connectivity index (χ0v) is 7.02. The largest absolute Gasteiger partial charge is 0.469 e. The zero-order valence-electron chi connectivity index (χ0n) is 7.02. The van der Waals surface area contributed by atoms with Crippen molar-refractivity contribution in [2.75, 3.05) is 7.11 Å². The van der Waals surface area contributed by atoms with Crippen LogP contribution in [0.15, 0.2) is 12.4 Å². The number of hydrogen-bond donors (Lipinski definition) is 0. The van der Waals surface area contributed by atoms with Gasteiger partial charge in [-0.1, -0.05) is 0 Å². The summed E-state index contributed by atoms with van der Waals surface area (Å²) < 4.78 is 4.43. The highest BCUT2D eigenvalue weighted by Crippen LogP contribution is 1.95. The van der Waals surface area contributed by atoms with E-state index >= 15 is 0 Å². The van der Waals surface area contributed by atoms with Gasteiger partial charge in [0.15, 0.2) is 0 Å². The first kappa shape index (κ1) is 9.13. The highest BCUT2D eigenvalue weighted by molar-refractivity contribution is 5.71. The van der Waals surface area contributed by atoms with Gasteiger partial charge in [0.25, 0.3) is 0 Å². The minimum atomic E-state index is -0.398. The average molecular weight is 177 g/mol. The maximum Gasteiger partial charge on any atom is 0.313 e. The molecule has 0 aliphatic carbocycles. The molecule has 1 aromatic rings. The summed E-state index contributed by atoms with van der Waals surface area (Å²) in [7, 11) is 1.30. The number of aromatic nitrogens is 2. The van der Waals surface area contributed by atoms with Gasteiger partial charge in [0.2, 0.25) is 0 Å². The quantitative estimate of drug-likeness (QED) is 0.597. The first-order valence-electron chi connectivity index (χ1n) is 3.54. The first-order chi connectivity index (χ1) is 6.26. The van der Waals surface area contributed by atoms with Crippen LogP contribution in [0.1, 0.15) is 11.4 Å². The second-order valence-electron chi connectivity index (χ2n) is 2.25. The minimum absolute atomic E-state index is 0.0300. The third-order valence-electron chi connectivity index (χ3n) is 1.36. The molecule has 0 radical (unpaired) electrons. The summed E-state index contributed by atoms with van der Waals surface area (Å²) in [6, 6.07) is 1.88. The Balaban J connectivity index is 2.71. The fraction of sp³-hybridized carbons (Fsp3) is 0.250. The molecule has 0 bridgehead atoms. The SMILES string of the molecule is COC(=O)Cc1ncc(C#N)cn1. The molecule has 0 atom stereocenters. The number of ether oxygens (including phenoxy) is 1. The van der Waals surface area contributed by atoms with E-state index in [1.807, 2.05) is 6.07 Å². The molecule has 13 heavy (non-hydrogen) atoms. The van der Waals surface area contributed by atoms with Crippen molar-refractivity contribution in [3.8, 4) is 6.07 Å². The van der Waals surface area contributed by atoms with E-state index in [1.54, 1.807) is 0 Å². The van der Waals surface area contributed by atoms with Crippen LogP contribution >= 0.6 is 0 Å². The van der Waals surface area contributed by atoms with Crippen LogP contribution in [0.2, 0.25) is 0 Å². The van der Waals surface area contributed by atoms with Gasteiger partial charge in [0, 0.05) is 12.4 Å². The van der Waals surface area contributed by atoms with Gasteiger partial charge in [0.1, 0.15) is 18.3 Å². The number of methoxy groups -OCH3 is 1. The summed E-state index contributed by atoms with van der Waals surface area (Å²) in [6.45, 7) is 0. The molecule has 0 saturated carbocycles. The number of esters is 1. The fourth-order valence-electron chi connectivity index (χ4n) is 0.705. The summed E-state index contributed by atoms with van der Waals surface area (Å²) in [4.78, 5) is 18.4. The first-order valence-corrected chi connectivity index (χ1v) is 3.54. The molecule has 5 heteroatoms. The van der Waals surface area contributed by atoms with Crippen LogP contribution in [0.4, 0.5) is 0 Å². The highest BCUT2D eigenvalue weighted by atomic mass is 16.5. The third-order valence-corrected chi connectivity index (χ3v) is 1.36. The van der Waals surface area contributed by atoms with Gasteiger partial charge in [-0.25, -0.2) is 9.97 Å². The van der Waals surface area contributed by atoms with Crippen molar-refractivity contribution in [2.24, 2.45) is 0 Å². The Kier molecular flexibility index (Phi) is 2.92. The molecule has 0 spiro atoms. The molecule has 0 aromatic carbocycles. The van der Waals surface area contributed by atoms with E-state index in [1.165, 1.54) is 19.5 Å². The summed E-state index contributed by atoms with van der Waals surface area (Å²) in [5, 5.41) is 8.43. The summed E-state index contributed by atoms with van der Waals surface area (Å²) in [6.07, 6.45) is 2.76. The van der Waals surface area contributed by atoms with Crippen molar-refractivity contribution in [3.63, 3.8) is 0 Å². The standard InChI is InChI=1S/C8H7N3O2/c1-13-8(12)2-7-10-4-6(3-9)5-11-7/h4-5H,2H2,1H3. The van der Waals surface area contributed by atoms with E-state index in [9.17, 15) is 4.79 Å². The molecule has 0 aliphatic heterocycles. The van der Waals surface area contributed by atoms with Gasteiger partial charge in [-0.15, -0.1) is 0 Å².